The van der Waals surface area contributed by atoms with E-state index in [-0.39, 0.29) is 0 Å². The Balaban J connectivity index is 2.07. The van der Waals surface area contributed by atoms with E-state index in [2.05, 4.69) is 39.9 Å². The van der Waals surface area contributed by atoms with Gasteiger partial charge in [0, 0.05) is 17.0 Å². The van der Waals surface area contributed by atoms with Gasteiger partial charge in [0.2, 0.25) is 0 Å². The van der Waals surface area contributed by atoms with Crippen LogP contribution in [0, 0.1) is 0 Å². The second kappa shape index (κ2) is 6.32. The van der Waals surface area contributed by atoms with E-state index < -0.39 is 0 Å². The van der Waals surface area contributed by atoms with Crippen LogP contribution in [0.25, 0.3) is 0 Å². The molecule has 0 spiro atoms. The van der Waals surface area contributed by atoms with E-state index in [0.29, 0.717) is 12.1 Å². The largest absolute Gasteiger partial charge is 0.330 e. The lowest BCUT2D eigenvalue weighted by Crippen LogP contribution is -2.41. The number of nitrogens with zero attached hydrogens (tertiary/aromatic N) is 1. The molecule has 0 amide bonds. The minimum absolute atomic E-state index is 0.531. The van der Waals surface area contributed by atoms with Crippen LogP contribution in [0.1, 0.15) is 43.5 Å². The number of thiophene rings is 1. The highest BCUT2D eigenvalue weighted by Gasteiger charge is 2.27. The maximum Gasteiger partial charge on any atom is 0.0701 e. The van der Waals surface area contributed by atoms with Crippen LogP contribution < -0.4 is 5.73 Å². The number of hydrogen-bond donors (Lipinski definition) is 1. The van der Waals surface area contributed by atoms with Crippen LogP contribution in [0.15, 0.2) is 15.9 Å². The van der Waals surface area contributed by atoms with Gasteiger partial charge in [-0.05, 0) is 67.3 Å². The third kappa shape index (κ3) is 3.31. The molecule has 0 aliphatic carbocycles. The second-order valence-corrected chi connectivity index (χ2v) is 7.28. The van der Waals surface area contributed by atoms with Crippen LogP contribution in [0.5, 0.6) is 0 Å². The quantitative estimate of drug-likeness (QED) is 0.916. The zero-order valence-electron chi connectivity index (χ0n) is 10.4. The summed E-state index contributed by atoms with van der Waals surface area (Å²) < 4.78 is 1.23. The second-order valence-electron chi connectivity index (χ2n) is 4.78. The monoisotopic (exact) mass is 316 g/mol. The molecule has 17 heavy (non-hydrogen) atoms. The van der Waals surface area contributed by atoms with Gasteiger partial charge in [-0.1, -0.05) is 6.42 Å². The molecule has 0 radical (unpaired) electrons. The first-order valence-electron chi connectivity index (χ1n) is 6.43. The molecule has 1 aromatic heterocycles. The highest BCUT2D eigenvalue weighted by atomic mass is 79.9. The van der Waals surface area contributed by atoms with Gasteiger partial charge in [-0.2, -0.15) is 0 Å². The maximum absolute atomic E-state index is 5.73. The van der Waals surface area contributed by atoms with Crippen molar-refractivity contribution in [2.24, 2.45) is 5.73 Å². The molecule has 2 nitrogen and oxygen atoms in total. The molecule has 0 saturated carbocycles. The SMILES string of the molecule is CC(c1ccc(Br)s1)N1CCCCC1CCN. The number of nitrogens with two attached hydrogens (primary N) is 1. The summed E-state index contributed by atoms with van der Waals surface area (Å²) >= 11 is 5.40. The highest BCUT2D eigenvalue weighted by molar-refractivity contribution is 9.11. The van der Waals surface area contributed by atoms with E-state index in [9.17, 15) is 0 Å². The van der Waals surface area contributed by atoms with E-state index in [4.69, 9.17) is 5.73 Å². The van der Waals surface area contributed by atoms with Gasteiger partial charge < -0.3 is 5.73 Å². The molecule has 4 heteroatoms. The van der Waals surface area contributed by atoms with Crippen molar-refractivity contribution in [3.8, 4) is 0 Å². The fourth-order valence-electron chi connectivity index (χ4n) is 2.75. The molecule has 1 fully saturated rings. The minimum Gasteiger partial charge on any atom is -0.330 e. The van der Waals surface area contributed by atoms with Crippen molar-refractivity contribution in [3.63, 3.8) is 0 Å². The Hall–Kier alpha value is 0.1000. The number of hydrogen-bond acceptors (Lipinski definition) is 3. The third-order valence-electron chi connectivity index (χ3n) is 3.68. The number of likely N-dealkylation sites (tertiary alicyclic amines) is 1. The molecule has 2 atom stereocenters. The Labute approximate surface area is 116 Å². The minimum atomic E-state index is 0.531. The van der Waals surface area contributed by atoms with Crippen LogP contribution in [-0.4, -0.2) is 24.0 Å². The van der Waals surface area contributed by atoms with Gasteiger partial charge in [-0.15, -0.1) is 11.3 Å². The van der Waals surface area contributed by atoms with Gasteiger partial charge in [0.25, 0.3) is 0 Å². The standard InChI is InChI=1S/C13H21BrN2S/c1-10(12-5-6-13(14)17-12)16-9-3-2-4-11(16)7-8-15/h5-6,10-11H,2-4,7-9,15H2,1H3. The normalized spacial score (nSPS) is 23.8. The number of halogens is 1. The molecule has 2 rings (SSSR count). The van der Waals surface area contributed by atoms with Crippen molar-refractivity contribution in [2.45, 2.75) is 44.7 Å². The summed E-state index contributed by atoms with van der Waals surface area (Å²) in [6, 6.07) is 5.61. The molecule has 2 N–H and O–H groups in total. The molecule has 96 valence electrons. The van der Waals surface area contributed by atoms with Crippen LogP contribution in [-0.2, 0) is 0 Å². The first-order valence-corrected chi connectivity index (χ1v) is 8.04. The summed E-state index contributed by atoms with van der Waals surface area (Å²) in [7, 11) is 0. The van der Waals surface area contributed by atoms with Crippen molar-refractivity contribution in [1.82, 2.24) is 4.90 Å². The zero-order valence-corrected chi connectivity index (χ0v) is 12.8. The summed E-state index contributed by atoms with van der Waals surface area (Å²) in [5.41, 5.74) is 5.73. The summed E-state index contributed by atoms with van der Waals surface area (Å²) in [4.78, 5) is 4.11. The lowest BCUT2D eigenvalue weighted by atomic mass is 9.97. The average molecular weight is 317 g/mol. The Morgan fingerprint density at radius 2 is 2.35 bits per heavy atom. The van der Waals surface area contributed by atoms with Crippen molar-refractivity contribution in [1.29, 1.82) is 0 Å². The van der Waals surface area contributed by atoms with Gasteiger partial charge >= 0.3 is 0 Å². The van der Waals surface area contributed by atoms with Crippen LogP contribution in [0.4, 0.5) is 0 Å². The molecular formula is C13H21BrN2S. The molecule has 0 bridgehead atoms. The summed E-state index contributed by atoms with van der Waals surface area (Å²) in [5.74, 6) is 0. The van der Waals surface area contributed by atoms with Gasteiger partial charge in [0.05, 0.1) is 3.79 Å². The molecule has 0 aromatic carbocycles. The first kappa shape index (κ1) is 13.5. The van der Waals surface area contributed by atoms with Crippen LogP contribution in [0.2, 0.25) is 0 Å². The van der Waals surface area contributed by atoms with Crippen molar-refractivity contribution in [2.75, 3.05) is 13.1 Å². The van der Waals surface area contributed by atoms with E-state index in [1.807, 2.05) is 11.3 Å². The molecule has 1 aliphatic heterocycles. The average Bonchev–Trinajstić information content (AvgIpc) is 2.76. The third-order valence-corrected chi connectivity index (χ3v) is 5.47. The summed E-state index contributed by atoms with van der Waals surface area (Å²) in [5, 5.41) is 0. The fourth-order valence-corrected chi connectivity index (χ4v) is 4.25. The lowest BCUT2D eigenvalue weighted by Gasteiger charge is -2.39. The summed E-state index contributed by atoms with van der Waals surface area (Å²) in [6.45, 7) is 4.36. The number of piperidine rings is 1. The van der Waals surface area contributed by atoms with E-state index in [0.717, 1.165) is 13.0 Å². The predicted octanol–water partition coefficient (Wildman–Crippen LogP) is 3.77. The molecule has 1 saturated heterocycles. The van der Waals surface area contributed by atoms with E-state index >= 15 is 0 Å². The van der Waals surface area contributed by atoms with Gasteiger partial charge in [0.1, 0.15) is 0 Å². The Bertz CT molecular complexity index is 351. The maximum atomic E-state index is 5.73. The van der Waals surface area contributed by atoms with Crippen LogP contribution >= 0.6 is 27.3 Å². The van der Waals surface area contributed by atoms with Gasteiger partial charge in [-0.3, -0.25) is 4.90 Å². The van der Waals surface area contributed by atoms with Crippen LogP contribution in [0.3, 0.4) is 0 Å². The van der Waals surface area contributed by atoms with E-state index in [1.54, 1.807) is 0 Å². The smallest absolute Gasteiger partial charge is 0.0701 e. The molecular weight excluding hydrogens is 296 g/mol. The highest BCUT2D eigenvalue weighted by Crippen LogP contribution is 2.34. The topological polar surface area (TPSA) is 29.3 Å². The Morgan fingerprint density at radius 3 is 3.00 bits per heavy atom. The predicted molar refractivity (Wildman–Crippen MR) is 78.5 cm³/mol. The lowest BCUT2D eigenvalue weighted by molar-refractivity contribution is 0.100. The number of rotatable bonds is 4. The Kier molecular flexibility index (Phi) is 5.03. The summed E-state index contributed by atoms with van der Waals surface area (Å²) in [6.07, 6.45) is 5.14. The zero-order chi connectivity index (χ0) is 12.3. The molecule has 2 heterocycles. The van der Waals surface area contributed by atoms with Crippen molar-refractivity contribution in [3.05, 3.63) is 20.8 Å². The van der Waals surface area contributed by atoms with Crippen molar-refractivity contribution >= 4 is 27.3 Å². The van der Waals surface area contributed by atoms with Crippen molar-refractivity contribution < 1.29 is 0 Å². The fraction of sp³-hybridized carbons (Fsp3) is 0.692. The Morgan fingerprint density at radius 1 is 1.53 bits per heavy atom. The molecule has 2 unspecified atom stereocenters. The first-order chi connectivity index (χ1) is 8.22. The van der Waals surface area contributed by atoms with Gasteiger partial charge in [-0.25, -0.2) is 0 Å². The van der Waals surface area contributed by atoms with Gasteiger partial charge in [0.15, 0.2) is 0 Å². The molecule has 1 aromatic rings. The van der Waals surface area contributed by atoms with E-state index in [1.165, 1.54) is 34.5 Å². The molecule has 1 aliphatic rings.